The van der Waals surface area contributed by atoms with Gasteiger partial charge in [-0.3, -0.25) is 0 Å². The molecule has 3 N–H and O–H groups in total. The fourth-order valence-corrected chi connectivity index (χ4v) is 4.01. The number of nitriles is 1. The second kappa shape index (κ2) is 9.00. The van der Waals surface area contributed by atoms with E-state index in [2.05, 4.69) is 17.4 Å². The van der Waals surface area contributed by atoms with Crippen LogP contribution in [0, 0.1) is 11.3 Å². The highest BCUT2D eigenvalue weighted by Crippen LogP contribution is 2.44. The molecule has 1 aliphatic carbocycles. The number of aliphatic hydroxyl groups is 2. The average Bonchev–Trinajstić information content (AvgIpc) is 3.14. The van der Waals surface area contributed by atoms with Crippen molar-refractivity contribution in [1.82, 2.24) is 5.32 Å². The lowest BCUT2D eigenvalue weighted by atomic mass is 9.98. The van der Waals surface area contributed by atoms with Crippen molar-refractivity contribution in [2.24, 2.45) is 0 Å². The number of carbonyl (C=O) groups excluding carboxylic acids is 1. The molecule has 6 nitrogen and oxygen atoms in total. The van der Waals surface area contributed by atoms with Crippen molar-refractivity contribution in [2.45, 2.75) is 18.1 Å². The summed E-state index contributed by atoms with van der Waals surface area (Å²) in [5.41, 5.74) is 5.09. The number of hydrogen-bond acceptors (Lipinski definition) is 5. The van der Waals surface area contributed by atoms with Crippen molar-refractivity contribution in [3.8, 4) is 17.2 Å². The van der Waals surface area contributed by atoms with Crippen LogP contribution in [0.4, 0.5) is 4.79 Å². The summed E-state index contributed by atoms with van der Waals surface area (Å²) in [4.78, 5) is 12.2. The Balaban J connectivity index is 1.35. The smallest absolute Gasteiger partial charge is 0.407 e. The van der Waals surface area contributed by atoms with Gasteiger partial charge in [-0.2, -0.15) is 5.26 Å². The zero-order valence-corrected chi connectivity index (χ0v) is 16.7. The first-order valence-electron chi connectivity index (χ1n) is 10.0. The zero-order chi connectivity index (χ0) is 21.8. The van der Waals surface area contributed by atoms with Crippen molar-refractivity contribution in [1.29, 1.82) is 5.26 Å². The highest BCUT2D eigenvalue weighted by molar-refractivity contribution is 5.79. The maximum atomic E-state index is 12.2. The molecule has 6 heteroatoms. The molecule has 0 aliphatic heterocycles. The Morgan fingerprint density at radius 3 is 2.19 bits per heavy atom. The minimum atomic E-state index is -1.30. The van der Waals surface area contributed by atoms with E-state index >= 15 is 0 Å². The molecule has 0 saturated heterocycles. The molecule has 31 heavy (non-hydrogen) atoms. The number of rotatable bonds is 6. The number of nitrogens with zero attached hydrogens (tertiary/aromatic N) is 1. The normalized spacial score (nSPS) is 14.1. The van der Waals surface area contributed by atoms with Crippen LogP contribution in [0.2, 0.25) is 0 Å². The predicted octanol–water partition coefficient (Wildman–Crippen LogP) is 3.49. The van der Waals surface area contributed by atoms with Gasteiger partial charge in [-0.1, -0.05) is 66.7 Å². The standard InChI is InChI=1S/C25H22N2O4/c26-13-16-7-1-2-8-17(16)24(29)23(28)14-27-25(30)31-15-22-20-11-5-3-9-18(20)19-10-4-6-12-21(19)22/h1-12,22-24,28-29H,14-15H2,(H,27,30). The van der Waals surface area contributed by atoms with E-state index in [0.717, 1.165) is 22.3 Å². The predicted molar refractivity (Wildman–Crippen MR) is 115 cm³/mol. The number of fused-ring (bicyclic) bond motifs is 3. The van der Waals surface area contributed by atoms with E-state index in [0.29, 0.717) is 5.56 Å². The lowest BCUT2D eigenvalue weighted by molar-refractivity contribution is 0.0184. The van der Waals surface area contributed by atoms with Gasteiger partial charge >= 0.3 is 6.09 Å². The van der Waals surface area contributed by atoms with E-state index < -0.39 is 18.3 Å². The summed E-state index contributed by atoms with van der Waals surface area (Å²) in [6.07, 6.45) is -3.26. The number of aliphatic hydroxyl groups excluding tert-OH is 2. The fourth-order valence-electron chi connectivity index (χ4n) is 4.01. The van der Waals surface area contributed by atoms with E-state index in [4.69, 9.17) is 10.00 Å². The lowest BCUT2D eigenvalue weighted by Gasteiger charge is -2.20. The van der Waals surface area contributed by atoms with Crippen molar-refractivity contribution < 1.29 is 19.7 Å². The molecule has 0 heterocycles. The number of hydrogen-bond donors (Lipinski definition) is 3. The molecule has 1 aliphatic rings. The second-order valence-corrected chi connectivity index (χ2v) is 7.42. The number of ether oxygens (including phenoxy) is 1. The summed E-state index contributed by atoms with van der Waals surface area (Å²) in [5, 5.41) is 32.2. The van der Waals surface area contributed by atoms with E-state index in [-0.39, 0.29) is 24.6 Å². The Kier molecular flexibility index (Phi) is 5.99. The van der Waals surface area contributed by atoms with Crippen LogP contribution in [0.5, 0.6) is 0 Å². The summed E-state index contributed by atoms with van der Waals surface area (Å²) in [6, 6.07) is 24.6. The van der Waals surface area contributed by atoms with Crippen LogP contribution >= 0.6 is 0 Å². The maximum Gasteiger partial charge on any atom is 0.407 e. The molecule has 0 aromatic heterocycles. The number of alkyl carbamates (subject to hydrolysis) is 1. The van der Waals surface area contributed by atoms with Crippen LogP contribution < -0.4 is 5.32 Å². The number of amides is 1. The van der Waals surface area contributed by atoms with Gasteiger partial charge in [0.1, 0.15) is 18.8 Å². The molecule has 2 unspecified atom stereocenters. The first kappa shape index (κ1) is 20.6. The topological polar surface area (TPSA) is 103 Å². The van der Waals surface area contributed by atoms with E-state index in [1.54, 1.807) is 24.3 Å². The summed E-state index contributed by atoms with van der Waals surface area (Å²) in [6.45, 7) is -0.0482. The van der Waals surface area contributed by atoms with Gasteiger partial charge in [-0.05, 0) is 28.3 Å². The summed E-state index contributed by atoms with van der Waals surface area (Å²) < 4.78 is 5.43. The van der Waals surface area contributed by atoms with E-state index in [9.17, 15) is 15.0 Å². The van der Waals surface area contributed by atoms with Crippen LogP contribution in [-0.4, -0.2) is 35.6 Å². The van der Waals surface area contributed by atoms with Crippen molar-refractivity contribution >= 4 is 6.09 Å². The third-order valence-electron chi connectivity index (χ3n) is 5.56. The molecule has 0 saturated carbocycles. The van der Waals surface area contributed by atoms with E-state index in [1.165, 1.54) is 0 Å². The van der Waals surface area contributed by atoms with Gasteiger partial charge in [0.25, 0.3) is 0 Å². The molecule has 4 rings (SSSR count). The molecule has 3 aromatic carbocycles. The molecule has 3 aromatic rings. The molecule has 0 spiro atoms. The molecule has 0 fully saturated rings. The van der Waals surface area contributed by atoms with Crippen LogP contribution in [0.25, 0.3) is 11.1 Å². The largest absolute Gasteiger partial charge is 0.449 e. The first-order valence-corrected chi connectivity index (χ1v) is 10.0. The monoisotopic (exact) mass is 414 g/mol. The van der Waals surface area contributed by atoms with Crippen molar-refractivity contribution in [3.05, 3.63) is 95.1 Å². The minimum absolute atomic E-state index is 0.0591. The zero-order valence-electron chi connectivity index (χ0n) is 16.7. The Morgan fingerprint density at radius 2 is 1.55 bits per heavy atom. The summed E-state index contributed by atoms with van der Waals surface area (Å²) in [7, 11) is 0. The fraction of sp³-hybridized carbons (Fsp3) is 0.200. The SMILES string of the molecule is N#Cc1ccccc1C(O)C(O)CNC(=O)OCC1c2ccccc2-c2ccccc21. The third kappa shape index (κ3) is 4.15. The molecule has 0 bridgehead atoms. The van der Waals surface area contributed by atoms with Gasteiger partial charge in [0, 0.05) is 18.0 Å². The molecule has 1 amide bonds. The number of benzene rings is 3. The third-order valence-corrected chi connectivity index (χ3v) is 5.56. The maximum absolute atomic E-state index is 12.2. The molecule has 2 atom stereocenters. The highest BCUT2D eigenvalue weighted by Gasteiger charge is 2.29. The number of nitrogens with one attached hydrogen (secondary N) is 1. The minimum Gasteiger partial charge on any atom is -0.449 e. The average molecular weight is 414 g/mol. The Labute approximate surface area is 180 Å². The molecule has 0 radical (unpaired) electrons. The Hall–Kier alpha value is -3.66. The Bertz CT molecular complexity index is 1090. The first-order chi connectivity index (χ1) is 15.1. The van der Waals surface area contributed by atoms with Crippen LogP contribution in [0.15, 0.2) is 72.8 Å². The quantitative estimate of drug-likeness (QED) is 0.573. The van der Waals surface area contributed by atoms with E-state index in [1.807, 2.05) is 42.5 Å². The van der Waals surface area contributed by atoms with Gasteiger partial charge in [0.2, 0.25) is 0 Å². The van der Waals surface area contributed by atoms with Gasteiger partial charge in [-0.25, -0.2) is 4.79 Å². The van der Waals surface area contributed by atoms with Crippen molar-refractivity contribution in [3.63, 3.8) is 0 Å². The highest BCUT2D eigenvalue weighted by atomic mass is 16.5. The Morgan fingerprint density at radius 1 is 0.968 bits per heavy atom. The molecular weight excluding hydrogens is 392 g/mol. The van der Waals surface area contributed by atoms with Crippen LogP contribution in [0.3, 0.4) is 0 Å². The van der Waals surface area contributed by atoms with Gasteiger partial charge in [-0.15, -0.1) is 0 Å². The summed E-state index contributed by atoms with van der Waals surface area (Å²) >= 11 is 0. The van der Waals surface area contributed by atoms with Gasteiger partial charge < -0.3 is 20.3 Å². The van der Waals surface area contributed by atoms with Gasteiger partial charge in [0.15, 0.2) is 0 Å². The molecular formula is C25H22N2O4. The summed E-state index contributed by atoms with van der Waals surface area (Å²) in [5.74, 6) is -0.0591. The second-order valence-electron chi connectivity index (χ2n) is 7.42. The van der Waals surface area contributed by atoms with Crippen molar-refractivity contribution in [2.75, 3.05) is 13.2 Å². The van der Waals surface area contributed by atoms with Crippen LogP contribution in [-0.2, 0) is 4.74 Å². The van der Waals surface area contributed by atoms with Crippen LogP contribution in [0.1, 0.15) is 34.3 Å². The van der Waals surface area contributed by atoms with Gasteiger partial charge in [0.05, 0.1) is 11.6 Å². The molecule has 156 valence electrons. The number of carbonyl (C=O) groups is 1. The lowest BCUT2D eigenvalue weighted by Crippen LogP contribution is -2.36.